The average molecular weight is 138 g/mol. The lowest BCUT2D eigenvalue weighted by molar-refractivity contribution is 0.397. The second-order valence-corrected chi connectivity index (χ2v) is 2.07. The fraction of sp³-hybridized carbons (Fsp3) is 0.143. The zero-order chi connectivity index (χ0) is 7.72. The van der Waals surface area contributed by atoms with Gasteiger partial charge in [-0.05, 0) is 13.8 Å². The van der Waals surface area contributed by atoms with Gasteiger partial charge in [-0.25, -0.2) is 0 Å². The van der Waals surface area contributed by atoms with Crippen molar-refractivity contribution in [1.29, 1.82) is 0 Å². The van der Waals surface area contributed by atoms with Crippen LogP contribution in [0.25, 0.3) is 0 Å². The summed E-state index contributed by atoms with van der Waals surface area (Å²) in [5.41, 5.74) is 0.744. The third kappa shape index (κ3) is 0.900. The Bertz CT molecular complexity index is 231. The normalized spacial score (nSPS) is 9.80. The minimum absolute atomic E-state index is 0.187. The molecule has 0 atom stereocenters. The molecular formula is C7H8NO2. The van der Waals surface area contributed by atoms with Crippen LogP contribution in [0.3, 0.4) is 0 Å². The Labute approximate surface area is 59.0 Å². The zero-order valence-electron chi connectivity index (χ0n) is 5.63. The van der Waals surface area contributed by atoms with Gasteiger partial charge in [-0.1, -0.05) is 0 Å². The number of hydrogen-bond acceptors (Lipinski definition) is 3. The van der Waals surface area contributed by atoms with Gasteiger partial charge in [-0.2, -0.15) is 0 Å². The van der Waals surface area contributed by atoms with Gasteiger partial charge in [-0.3, -0.25) is 4.98 Å². The predicted octanol–water partition coefficient (Wildman–Crippen LogP) is 0.983. The molecule has 10 heavy (non-hydrogen) atoms. The number of pyridine rings is 1. The van der Waals surface area contributed by atoms with E-state index < -0.39 is 0 Å². The maximum absolute atomic E-state index is 9.03. The molecule has 0 amide bonds. The molecule has 0 spiro atoms. The quantitative estimate of drug-likeness (QED) is 0.562. The van der Waals surface area contributed by atoms with Crippen LogP contribution in [0.5, 0.6) is 11.5 Å². The Balaban J connectivity index is 3.34. The van der Waals surface area contributed by atoms with Crippen LogP contribution in [0.4, 0.5) is 0 Å². The highest BCUT2D eigenvalue weighted by Crippen LogP contribution is 2.29. The van der Waals surface area contributed by atoms with Crippen molar-refractivity contribution in [3.05, 3.63) is 24.4 Å². The monoisotopic (exact) mass is 138 g/mol. The molecular weight excluding hydrogens is 130 g/mol. The molecule has 53 valence electrons. The van der Waals surface area contributed by atoms with Crippen molar-refractivity contribution in [2.45, 2.75) is 6.92 Å². The van der Waals surface area contributed by atoms with E-state index in [9.17, 15) is 0 Å². The van der Waals surface area contributed by atoms with Crippen molar-refractivity contribution in [2.24, 2.45) is 0 Å². The lowest BCUT2D eigenvalue weighted by Gasteiger charge is -2.01. The van der Waals surface area contributed by atoms with Crippen LogP contribution < -0.4 is 0 Å². The van der Waals surface area contributed by atoms with Crippen molar-refractivity contribution in [2.75, 3.05) is 0 Å². The van der Waals surface area contributed by atoms with Gasteiger partial charge < -0.3 is 10.2 Å². The second-order valence-electron chi connectivity index (χ2n) is 2.07. The number of hydrogen-bond donors (Lipinski definition) is 2. The lowest BCUT2D eigenvalue weighted by atomic mass is 10.2. The first kappa shape index (κ1) is 6.86. The minimum Gasteiger partial charge on any atom is -0.504 e. The van der Waals surface area contributed by atoms with E-state index in [1.54, 1.807) is 6.92 Å². The van der Waals surface area contributed by atoms with E-state index in [4.69, 9.17) is 10.2 Å². The van der Waals surface area contributed by atoms with Crippen molar-refractivity contribution in [3.8, 4) is 11.5 Å². The fourth-order valence-electron chi connectivity index (χ4n) is 0.620. The predicted molar refractivity (Wildman–Crippen MR) is 36.8 cm³/mol. The summed E-state index contributed by atoms with van der Waals surface area (Å²) in [7, 11) is 0. The summed E-state index contributed by atoms with van der Waals surface area (Å²) < 4.78 is 0. The first-order valence-electron chi connectivity index (χ1n) is 2.82. The Morgan fingerprint density at radius 2 is 2.00 bits per heavy atom. The second kappa shape index (κ2) is 2.17. The molecule has 2 N–H and O–H groups in total. The molecule has 0 fully saturated rings. The molecule has 1 aromatic heterocycles. The van der Waals surface area contributed by atoms with E-state index >= 15 is 0 Å². The topological polar surface area (TPSA) is 53.4 Å². The number of aromatic hydroxyl groups is 2. The maximum Gasteiger partial charge on any atom is 0.179 e. The Morgan fingerprint density at radius 3 is 2.50 bits per heavy atom. The smallest absolute Gasteiger partial charge is 0.179 e. The van der Waals surface area contributed by atoms with Gasteiger partial charge >= 0.3 is 0 Å². The Hall–Kier alpha value is -1.25. The molecule has 3 heteroatoms. The largest absolute Gasteiger partial charge is 0.504 e. The van der Waals surface area contributed by atoms with Crippen molar-refractivity contribution in [1.82, 2.24) is 4.98 Å². The molecule has 1 radical (unpaired) electrons. The van der Waals surface area contributed by atoms with Crippen LogP contribution in [-0.2, 0) is 0 Å². The third-order valence-corrected chi connectivity index (χ3v) is 1.29. The SMILES string of the molecule is [CH2]c1cnc(C)c(O)c1O. The Kier molecular flexibility index (Phi) is 1.49. The van der Waals surface area contributed by atoms with Gasteiger partial charge in [0.05, 0.1) is 5.69 Å². The first-order chi connectivity index (χ1) is 4.63. The van der Waals surface area contributed by atoms with Gasteiger partial charge in [0.25, 0.3) is 0 Å². The summed E-state index contributed by atoms with van der Waals surface area (Å²) >= 11 is 0. The molecule has 0 aliphatic rings. The van der Waals surface area contributed by atoms with Crippen LogP contribution in [-0.4, -0.2) is 15.2 Å². The highest BCUT2D eigenvalue weighted by atomic mass is 16.3. The van der Waals surface area contributed by atoms with Gasteiger partial charge in [0.15, 0.2) is 11.5 Å². The molecule has 0 saturated carbocycles. The molecule has 0 aromatic carbocycles. The van der Waals surface area contributed by atoms with Gasteiger partial charge in [0.2, 0.25) is 0 Å². The summed E-state index contributed by atoms with van der Waals surface area (Å²) in [4.78, 5) is 3.77. The van der Waals surface area contributed by atoms with Crippen LogP contribution in [0.15, 0.2) is 6.20 Å². The van der Waals surface area contributed by atoms with E-state index in [-0.39, 0.29) is 11.5 Å². The maximum atomic E-state index is 9.03. The summed E-state index contributed by atoms with van der Waals surface area (Å²) in [6.07, 6.45) is 1.41. The molecule has 0 bridgehead atoms. The number of aryl methyl sites for hydroxylation is 1. The molecule has 0 saturated heterocycles. The van der Waals surface area contributed by atoms with Crippen LogP contribution in [0.2, 0.25) is 0 Å². The standard InChI is InChI=1S/C7H8NO2/c1-4-3-8-5(2)7(10)6(4)9/h3,10H,1H2,2H3,(H,8,9). The molecule has 0 aliphatic carbocycles. The molecule has 0 unspecified atom stereocenters. The van der Waals surface area contributed by atoms with Crippen LogP contribution in [0, 0.1) is 13.8 Å². The Morgan fingerprint density at radius 1 is 1.40 bits per heavy atom. The summed E-state index contributed by atoms with van der Waals surface area (Å²) in [6.45, 7) is 5.06. The molecule has 1 rings (SSSR count). The number of rotatable bonds is 0. The molecule has 1 aromatic rings. The summed E-state index contributed by atoms with van der Waals surface area (Å²) in [5, 5.41) is 18.1. The van der Waals surface area contributed by atoms with E-state index in [2.05, 4.69) is 11.9 Å². The van der Waals surface area contributed by atoms with Gasteiger partial charge in [0, 0.05) is 11.8 Å². The molecule has 0 aliphatic heterocycles. The number of nitrogens with zero attached hydrogens (tertiary/aromatic N) is 1. The van der Waals surface area contributed by atoms with Gasteiger partial charge in [-0.15, -0.1) is 0 Å². The van der Waals surface area contributed by atoms with E-state index in [0.29, 0.717) is 11.3 Å². The summed E-state index contributed by atoms with van der Waals surface area (Å²) in [5.74, 6) is -0.375. The first-order valence-corrected chi connectivity index (χ1v) is 2.82. The summed E-state index contributed by atoms with van der Waals surface area (Å²) in [6, 6.07) is 0. The molecule has 1 heterocycles. The van der Waals surface area contributed by atoms with Crippen molar-refractivity contribution < 1.29 is 10.2 Å². The highest BCUT2D eigenvalue weighted by Gasteiger charge is 2.05. The van der Waals surface area contributed by atoms with Gasteiger partial charge in [0.1, 0.15) is 0 Å². The number of aromatic nitrogens is 1. The third-order valence-electron chi connectivity index (χ3n) is 1.29. The van der Waals surface area contributed by atoms with Crippen LogP contribution >= 0.6 is 0 Å². The van der Waals surface area contributed by atoms with E-state index in [1.807, 2.05) is 0 Å². The van der Waals surface area contributed by atoms with E-state index in [1.165, 1.54) is 6.20 Å². The fourth-order valence-corrected chi connectivity index (χ4v) is 0.620. The minimum atomic E-state index is -0.187. The van der Waals surface area contributed by atoms with Crippen LogP contribution in [0.1, 0.15) is 11.3 Å². The molecule has 3 nitrogen and oxygen atoms in total. The zero-order valence-corrected chi connectivity index (χ0v) is 5.63. The van der Waals surface area contributed by atoms with Crippen molar-refractivity contribution in [3.63, 3.8) is 0 Å². The van der Waals surface area contributed by atoms with E-state index in [0.717, 1.165) is 0 Å². The van der Waals surface area contributed by atoms with Crippen molar-refractivity contribution >= 4 is 0 Å². The highest BCUT2D eigenvalue weighted by molar-refractivity contribution is 5.46. The lowest BCUT2D eigenvalue weighted by Crippen LogP contribution is -1.84. The average Bonchev–Trinajstić information content (AvgIpc) is 1.93.